The molecule has 2 aromatic heterocycles. The number of nitrogens with zero attached hydrogens (tertiary/aromatic N) is 4. The quantitative estimate of drug-likeness (QED) is 0.667. The normalized spacial score (nSPS) is 10.3. The van der Waals surface area contributed by atoms with Gasteiger partial charge >= 0.3 is 0 Å². The van der Waals surface area contributed by atoms with Crippen LogP contribution in [0.5, 0.6) is 17.4 Å². The molecular weight excluding hydrogens is 334 g/mol. The van der Waals surface area contributed by atoms with E-state index in [1.54, 1.807) is 12.3 Å². The topological polar surface area (TPSA) is 91.2 Å². The number of ether oxygens (including phenoxy) is 2. The van der Waals surface area contributed by atoms with Gasteiger partial charge in [0.05, 0.1) is 6.61 Å². The van der Waals surface area contributed by atoms with E-state index in [4.69, 9.17) is 9.47 Å². The molecule has 26 heavy (non-hydrogen) atoms. The summed E-state index contributed by atoms with van der Waals surface area (Å²) in [5, 5.41) is 6.72. The van der Waals surface area contributed by atoms with Crippen molar-refractivity contribution in [3.63, 3.8) is 0 Å². The fourth-order valence-corrected chi connectivity index (χ4v) is 2.23. The first-order chi connectivity index (χ1) is 12.7. The van der Waals surface area contributed by atoms with Crippen molar-refractivity contribution in [1.82, 2.24) is 25.1 Å². The summed E-state index contributed by atoms with van der Waals surface area (Å²) < 4.78 is 12.6. The highest BCUT2D eigenvalue weighted by atomic mass is 16.5. The molecule has 0 bridgehead atoms. The third kappa shape index (κ3) is 5.04. The fourth-order valence-electron chi connectivity index (χ4n) is 2.23. The number of carbonyl (C=O) groups excluding carboxylic acids is 1. The van der Waals surface area contributed by atoms with Crippen LogP contribution in [0.25, 0.3) is 0 Å². The Balaban J connectivity index is 1.54. The van der Waals surface area contributed by atoms with Gasteiger partial charge in [0.2, 0.25) is 11.8 Å². The first kappa shape index (κ1) is 17.4. The number of hydrogen-bond donors (Lipinski definition) is 1. The van der Waals surface area contributed by atoms with Crippen molar-refractivity contribution in [2.75, 3.05) is 6.61 Å². The summed E-state index contributed by atoms with van der Waals surface area (Å²) in [6, 6.07) is 10.9. The molecule has 0 radical (unpaired) electrons. The van der Waals surface area contributed by atoms with Gasteiger partial charge in [0.15, 0.2) is 0 Å². The van der Waals surface area contributed by atoms with Crippen LogP contribution in [-0.2, 0) is 17.9 Å². The van der Waals surface area contributed by atoms with E-state index in [2.05, 4.69) is 20.4 Å². The molecule has 1 aromatic carbocycles. The van der Waals surface area contributed by atoms with E-state index >= 15 is 0 Å². The molecular formula is C18H19N5O3. The maximum atomic E-state index is 11.9. The highest BCUT2D eigenvalue weighted by Crippen LogP contribution is 2.23. The van der Waals surface area contributed by atoms with E-state index in [1.165, 1.54) is 17.3 Å². The van der Waals surface area contributed by atoms with E-state index in [-0.39, 0.29) is 12.5 Å². The molecule has 0 fully saturated rings. The minimum Gasteiger partial charge on any atom is -0.494 e. The molecule has 0 aliphatic carbocycles. The standard InChI is InChI=1S/C18H19N5O3/c1-2-25-15-3-5-16(6-4-15)26-18-9-14(7-8-20-18)10-21-17(24)11-23-13-19-12-22-23/h3-9,12-13H,2,10-11H2,1H3,(H,21,24). The highest BCUT2D eigenvalue weighted by Gasteiger charge is 2.05. The van der Waals surface area contributed by atoms with Gasteiger partial charge in [-0.2, -0.15) is 5.10 Å². The van der Waals surface area contributed by atoms with Gasteiger partial charge in [-0.05, 0) is 42.8 Å². The molecule has 0 saturated heterocycles. The maximum absolute atomic E-state index is 11.9. The molecule has 0 saturated carbocycles. The molecule has 0 unspecified atom stereocenters. The van der Waals surface area contributed by atoms with Crippen LogP contribution in [0.3, 0.4) is 0 Å². The molecule has 3 aromatic rings. The Hall–Kier alpha value is -3.42. The molecule has 0 spiro atoms. The predicted molar refractivity (Wildman–Crippen MR) is 93.8 cm³/mol. The zero-order valence-electron chi connectivity index (χ0n) is 14.3. The fraction of sp³-hybridized carbons (Fsp3) is 0.222. The molecule has 1 amide bonds. The van der Waals surface area contributed by atoms with Crippen LogP contribution in [0, 0.1) is 0 Å². The van der Waals surface area contributed by atoms with Crippen LogP contribution in [0.1, 0.15) is 12.5 Å². The van der Waals surface area contributed by atoms with Gasteiger partial charge in [-0.15, -0.1) is 0 Å². The van der Waals surface area contributed by atoms with Gasteiger partial charge in [0.25, 0.3) is 0 Å². The highest BCUT2D eigenvalue weighted by molar-refractivity contribution is 5.75. The van der Waals surface area contributed by atoms with Crippen molar-refractivity contribution in [2.24, 2.45) is 0 Å². The number of aromatic nitrogens is 4. The van der Waals surface area contributed by atoms with E-state index < -0.39 is 0 Å². The summed E-state index contributed by atoms with van der Waals surface area (Å²) in [4.78, 5) is 19.9. The zero-order chi connectivity index (χ0) is 18.2. The second-order valence-electron chi connectivity index (χ2n) is 5.38. The van der Waals surface area contributed by atoms with Crippen LogP contribution < -0.4 is 14.8 Å². The van der Waals surface area contributed by atoms with Crippen molar-refractivity contribution < 1.29 is 14.3 Å². The Morgan fingerprint density at radius 1 is 1.19 bits per heavy atom. The summed E-state index contributed by atoms with van der Waals surface area (Å²) in [6.07, 6.45) is 4.53. The number of nitrogens with one attached hydrogen (secondary N) is 1. The predicted octanol–water partition coefficient (Wildman–Crippen LogP) is 2.18. The summed E-state index contributed by atoms with van der Waals surface area (Å²) in [6.45, 7) is 3.05. The van der Waals surface area contributed by atoms with Crippen LogP contribution in [-0.4, -0.2) is 32.3 Å². The lowest BCUT2D eigenvalue weighted by molar-refractivity contribution is -0.122. The van der Waals surface area contributed by atoms with E-state index in [9.17, 15) is 4.79 Å². The molecule has 0 aliphatic heterocycles. The Kier molecular flexibility index (Phi) is 5.76. The Bertz CT molecular complexity index is 834. The summed E-state index contributed by atoms with van der Waals surface area (Å²) in [7, 11) is 0. The lowest BCUT2D eigenvalue weighted by atomic mass is 10.2. The summed E-state index contributed by atoms with van der Waals surface area (Å²) >= 11 is 0. The number of amides is 1. The van der Waals surface area contributed by atoms with Crippen LogP contribution in [0.2, 0.25) is 0 Å². The molecule has 2 heterocycles. The average Bonchev–Trinajstić information content (AvgIpc) is 3.15. The second kappa shape index (κ2) is 8.61. The first-order valence-corrected chi connectivity index (χ1v) is 8.17. The van der Waals surface area contributed by atoms with Crippen molar-refractivity contribution in [3.05, 3.63) is 60.8 Å². The van der Waals surface area contributed by atoms with Crippen molar-refractivity contribution in [1.29, 1.82) is 0 Å². The van der Waals surface area contributed by atoms with E-state index in [0.717, 1.165) is 11.3 Å². The zero-order valence-corrected chi connectivity index (χ0v) is 14.3. The Labute approximate surface area is 150 Å². The molecule has 134 valence electrons. The lowest BCUT2D eigenvalue weighted by Gasteiger charge is -2.09. The lowest BCUT2D eigenvalue weighted by Crippen LogP contribution is -2.27. The maximum Gasteiger partial charge on any atom is 0.242 e. The number of hydrogen-bond acceptors (Lipinski definition) is 6. The number of pyridine rings is 1. The monoisotopic (exact) mass is 353 g/mol. The number of rotatable bonds is 8. The molecule has 8 heteroatoms. The van der Waals surface area contributed by atoms with Crippen molar-refractivity contribution in [2.45, 2.75) is 20.0 Å². The summed E-state index contributed by atoms with van der Waals surface area (Å²) in [5.41, 5.74) is 0.882. The Morgan fingerprint density at radius 3 is 2.73 bits per heavy atom. The van der Waals surface area contributed by atoms with Crippen molar-refractivity contribution in [3.8, 4) is 17.4 Å². The number of carbonyl (C=O) groups is 1. The van der Waals surface area contributed by atoms with Crippen LogP contribution in [0.4, 0.5) is 0 Å². The molecule has 0 aliphatic rings. The third-order valence-electron chi connectivity index (χ3n) is 3.42. The van der Waals surface area contributed by atoms with Gasteiger partial charge in [0.1, 0.15) is 30.7 Å². The van der Waals surface area contributed by atoms with Gasteiger partial charge in [0, 0.05) is 18.8 Å². The second-order valence-corrected chi connectivity index (χ2v) is 5.38. The number of benzene rings is 1. The molecule has 0 atom stereocenters. The first-order valence-electron chi connectivity index (χ1n) is 8.17. The largest absolute Gasteiger partial charge is 0.494 e. The third-order valence-corrected chi connectivity index (χ3v) is 3.42. The summed E-state index contributed by atoms with van der Waals surface area (Å²) in [5.74, 6) is 1.75. The average molecular weight is 353 g/mol. The van der Waals surface area contributed by atoms with Crippen LogP contribution in [0.15, 0.2) is 55.2 Å². The van der Waals surface area contributed by atoms with E-state index in [1.807, 2.05) is 37.3 Å². The van der Waals surface area contributed by atoms with E-state index in [0.29, 0.717) is 24.8 Å². The SMILES string of the molecule is CCOc1ccc(Oc2cc(CNC(=O)Cn3cncn3)ccn2)cc1. The minimum absolute atomic E-state index is 0.126. The van der Waals surface area contributed by atoms with Gasteiger partial charge in [-0.25, -0.2) is 14.6 Å². The van der Waals surface area contributed by atoms with Gasteiger partial charge < -0.3 is 14.8 Å². The Morgan fingerprint density at radius 2 is 2.00 bits per heavy atom. The molecule has 3 rings (SSSR count). The van der Waals surface area contributed by atoms with Gasteiger partial charge in [-0.1, -0.05) is 0 Å². The van der Waals surface area contributed by atoms with Gasteiger partial charge in [-0.3, -0.25) is 4.79 Å². The minimum atomic E-state index is -0.152. The van der Waals surface area contributed by atoms with Crippen molar-refractivity contribution >= 4 is 5.91 Å². The molecule has 1 N–H and O–H groups in total. The smallest absolute Gasteiger partial charge is 0.242 e. The molecule has 8 nitrogen and oxygen atoms in total. The van der Waals surface area contributed by atoms with Crippen LogP contribution >= 0.6 is 0 Å².